The van der Waals surface area contributed by atoms with E-state index in [2.05, 4.69) is 6.08 Å². The Kier molecular flexibility index (Phi) is 1.54. The lowest BCUT2D eigenvalue weighted by atomic mass is 10.1. The zero-order valence-electron chi connectivity index (χ0n) is 6.87. The van der Waals surface area contributed by atoms with Gasteiger partial charge in [0, 0.05) is 5.56 Å². The molecule has 0 spiro atoms. The zero-order chi connectivity index (χ0) is 8.55. The summed E-state index contributed by atoms with van der Waals surface area (Å²) in [6.07, 6.45) is 4.96. The van der Waals surface area contributed by atoms with E-state index in [9.17, 15) is 5.11 Å². The Morgan fingerprint density at radius 3 is 3.00 bits per heavy atom. The van der Waals surface area contributed by atoms with E-state index in [1.54, 1.807) is 13.2 Å². The third-order valence-corrected chi connectivity index (χ3v) is 2.10. The summed E-state index contributed by atoms with van der Waals surface area (Å²) in [5, 5.41) is 9.42. The predicted molar refractivity (Wildman–Crippen MR) is 47.4 cm³/mol. The Hall–Kier alpha value is -1.44. The quantitative estimate of drug-likeness (QED) is 0.684. The molecular weight excluding hydrogens is 152 g/mol. The van der Waals surface area contributed by atoms with Gasteiger partial charge in [-0.15, -0.1) is 0 Å². The van der Waals surface area contributed by atoms with Gasteiger partial charge in [0.15, 0.2) is 11.5 Å². The molecule has 0 saturated heterocycles. The van der Waals surface area contributed by atoms with E-state index in [0.717, 1.165) is 17.5 Å². The van der Waals surface area contributed by atoms with Gasteiger partial charge in [0.1, 0.15) is 0 Å². The fraction of sp³-hybridized carbons (Fsp3) is 0.200. The Balaban J connectivity index is 2.61. The second-order valence-electron chi connectivity index (χ2n) is 2.79. The fourth-order valence-electron chi connectivity index (χ4n) is 1.53. The molecule has 0 unspecified atom stereocenters. The Morgan fingerprint density at radius 2 is 2.25 bits per heavy atom. The van der Waals surface area contributed by atoms with Crippen LogP contribution in [-0.4, -0.2) is 12.2 Å². The number of hydrogen-bond donors (Lipinski definition) is 1. The Morgan fingerprint density at radius 1 is 1.42 bits per heavy atom. The third kappa shape index (κ3) is 0.881. The smallest absolute Gasteiger partial charge is 0.164 e. The van der Waals surface area contributed by atoms with Crippen molar-refractivity contribution in [3.63, 3.8) is 0 Å². The van der Waals surface area contributed by atoms with Gasteiger partial charge >= 0.3 is 0 Å². The molecule has 12 heavy (non-hydrogen) atoms. The van der Waals surface area contributed by atoms with Gasteiger partial charge in [0.2, 0.25) is 0 Å². The van der Waals surface area contributed by atoms with Crippen molar-refractivity contribution in [2.75, 3.05) is 7.11 Å². The number of aromatic hydroxyl groups is 1. The molecular formula is C10H10O2. The maximum absolute atomic E-state index is 9.42. The number of phenols is 1. The van der Waals surface area contributed by atoms with Crippen molar-refractivity contribution in [1.82, 2.24) is 0 Å². The van der Waals surface area contributed by atoms with Gasteiger partial charge in [-0.05, 0) is 18.1 Å². The lowest BCUT2D eigenvalue weighted by Gasteiger charge is -2.08. The van der Waals surface area contributed by atoms with Crippen LogP contribution in [0.3, 0.4) is 0 Å². The van der Waals surface area contributed by atoms with Crippen LogP contribution >= 0.6 is 0 Å². The summed E-state index contributed by atoms with van der Waals surface area (Å²) in [5.41, 5.74) is 2.22. The molecule has 1 aromatic rings. The highest BCUT2D eigenvalue weighted by Crippen LogP contribution is 2.36. The van der Waals surface area contributed by atoms with E-state index in [1.165, 1.54) is 0 Å². The van der Waals surface area contributed by atoms with Crippen LogP contribution in [0.2, 0.25) is 0 Å². The number of benzene rings is 1. The van der Waals surface area contributed by atoms with Gasteiger partial charge in [-0.1, -0.05) is 18.2 Å². The maximum atomic E-state index is 9.42. The molecule has 0 heterocycles. The normalized spacial score (nSPS) is 13.1. The topological polar surface area (TPSA) is 29.5 Å². The van der Waals surface area contributed by atoms with Crippen LogP contribution in [0.5, 0.6) is 11.5 Å². The zero-order valence-corrected chi connectivity index (χ0v) is 6.87. The van der Waals surface area contributed by atoms with Gasteiger partial charge in [0.25, 0.3) is 0 Å². The minimum absolute atomic E-state index is 0.222. The maximum Gasteiger partial charge on any atom is 0.164 e. The number of phenolic OH excluding ortho intramolecular Hbond substituents is 1. The summed E-state index contributed by atoms with van der Waals surface area (Å²) in [6.45, 7) is 0. The summed E-state index contributed by atoms with van der Waals surface area (Å²) in [6, 6.07) is 3.56. The van der Waals surface area contributed by atoms with E-state index in [-0.39, 0.29) is 5.75 Å². The standard InChI is InChI=1S/C10H10O2/c1-12-10-8-4-2-3-7(8)5-6-9(10)11/h2-3,5-6,11H,4H2,1H3. The van der Waals surface area contributed by atoms with Crippen LogP contribution < -0.4 is 4.74 Å². The molecule has 0 aliphatic heterocycles. The van der Waals surface area contributed by atoms with Crippen molar-refractivity contribution in [2.24, 2.45) is 0 Å². The second-order valence-corrected chi connectivity index (χ2v) is 2.79. The third-order valence-electron chi connectivity index (χ3n) is 2.10. The summed E-state index contributed by atoms with van der Waals surface area (Å²) in [5.74, 6) is 0.831. The van der Waals surface area contributed by atoms with Gasteiger partial charge in [-0.3, -0.25) is 0 Å². The Labute approximate surface area is 71.1 Å². The van der Waals surface area contributed by atoms with Crippen molar-refractivity contribution < 1.29 is 9.84 Å². The Bertz CT molecular complexity index is 340. The highest BCUT2D eigenvalue weighted by molar-refractivity contribution is 5.66. The molecule has 0 amide bonds. The molecule has 2 heteroatoms. The number of allylic oxidation sites excluding steroid dienone is 1. The first kappa shape index (κ1) is 7.22. The molecule has 0 radical (unpaired) electrons. The lowest BCUT2D eigenvalue weighted by Crippen LogP contribution is -1.91. The molecule has 0 atom stereocenters. The average Bonchev–Trinajstić information content (AvgIpc) is 2.52. The summed E-state index contributed by atoms with van der Waals surface area (Å²) in [7, 11) is 1.58. The van der Waals surface area contributed by atoms with E-state index in [1.807, 2.05) is 12.1 Å². The monoisotopic (exact) mass is 162 g/mol. The van der Waals surface area contributed by atoms with E-state index in [0.29, 0.717) is 5.75 Å². The molecule has 1 aromatic carbocycles. The molecule has 0 aromatic heterocycles. The predicted octanol–water partition coefficient (Wildman–Crippen LogP) is 1.97. The molecule has 1 N–H and O–H groups in total. The van der Waals surface area contributed by atoms with Gasteiger partial charge in [-0.2, -0.15) is 0 Å². The van der Waals surface area contributed by atoms with Crippen LogP contribution in [0, 0.1) is 0 Å². The average molecular weight is 162 g/mol. The lowest BCUT2D eigenvalue weighted by molar-refractivity contribution is 0.370. The molecule has 0 bridgehead atoms. The first-order valence-corrected chi connectivity index (χ1v) is 3.88. The number of hydrogen-bond acceptors (Lipinski definition) is 2. The minimum Gasteiger partial charge on any atom is -0.504 e. The molecule has 2 nitrogen and oxygen atoms in total. The van der Waals surface area contributed by atoms with Crippen LogP contribution in [0.15, 0.2) is 18.2 Å². The highest BCUT2D eigenvalue weighted by atomic mass is 16.5. The fourth-order valence-corrected chi connectivity index (χ4v) is 1.53. The molecule has 1 aliphatic rings. The summed E-state index contributed by atoms with van der Waals surface area (Å²) >= 11 is 0. The van der Waals surface area contributed by atoms with E-state index in [4.69, 9.17) is 4.74 Å². The number of methoxy groups -OCH3 is 1. The minimum atomic E-state index is 0.222. The van der Waals surface area contributed by atoms with Gasteiger partial charge in [0.05, 0.1) is 7.11 Å². The van der Waals surface area contributed by atoms with E-state index >= 15 is 0 Å². The first-order chi connectivity index (χ1) is 5.83. The van der Waals surface area contributed by atoms with Crippen LogP contribution in [0.1, 0.15) is 11.1 Å². The van der Waals surface area contributed by atoms with Crippen molar-refractivity contribution in [3.05, 3.63) is 29.3 Å². The molecule has 0 fully saturated rings. The number of fused-ring (bicyclic) bond motifs is 1. The van der Waals surface area contributed by atoms with Gasteiger partial charge < -0.3 is 9.84 Å². The molecule has 62 valence electrons. The number of ether oxygens (including phenoxy) is 1. The SMILES string of the molecule is COc1c(O)ccc2c1CC=C2. The summed E-state index contributed by atoms with van der Waals surface area (Å²) in [4.78, 5) is 0. The van der Waals surface area contributed by atoms with Crippen molar-refractivity contribution in [3.8, 4) is 11.5 Å². The molecule has 2 rings (SSSR count). The van der Waals surface area contributed by atoms with Crippen molar-refractivity contribution in [2.45, 2.75) is 6.42 Å². The van der Waals surface area contributed by atoms with Crippen molar-refractivity contribution >= 4 is 6.08 Å². The highest BCUT2D eigenvalue weighted by Gasteiger charge is 2.13. The largest absolute Gasteiger partial charge is 0.504 e. The van der Waals surface area contributed by atoms with Gasteiger partial charge in [-0.25, -0.2) is 0 Å². The van der Waals surface area contributed by atoms with Crippen LogP contribution in [-0.2, 0) is 6.42 Å². The first-order valence-electron chi connectivity index (χ1n) is 3.88. The summed E-state index contributed by atoms with van der Waals surface area (Å²) < 4.78 is 5.10. The molecule has 0 saturated carbocycles. The number of rotatable bonds is 1. The molecule has 1 aliphatic carbocycles. The van der Waals surface area contributed by atoms with Crippen LogP contribution in [0.4, 0.5) is 0 Å². The second kappa shape index (κ2) is 2.55. The van der Waals surface area contributed by atoms with Crippen LogP contribution in [0.25, 0.3) is 6.08 Å². The van der Waals surface area contributed by atoms with Crippen molar-refractivity contribution in [1.29, 1.82) is 0 Å². The van der Waals surface area contributed by atoms with E-state index < -0.39 is 0 Å².